The Morgan fingerprint density at radius 2 is 1.80 bits per heavy atom. The number of para-hydroxylation sites is 1. The molecule has 2 N–H and O–H groups in total. The van der Waals surface area contributed by atoms with E-state index < -0.39 is 81.0 Å². The van der Waals surface area contributed by atoms with Crippen LogP contribution >= 0.6 is 11.3 Å². The molecule has 0 spiro atoms. The molecular formula is C37H29F7N10O3S2. The second kappa shape index (κ2) is 13.3. The minimum absolute atomic E-state index is 0.0126. The first-order chi connectivity index (χ1) is 27.7. The monoisotopic (exact) mass is 858 g/mol. The number of carbonyl (C=O) groups excluding carboxylic acids is 1. The van der Waals surface area contributed by atoms with E-state index in [1.165, 1.54) is 16.0 Å². The summed E-state index contributed by atoms with van der Waals surface area (Å²) in [5.41, 5.74) is -0.969. The molecule has 0 saturated heterocycles. The van der Waals surface area contributed by atoms with Gasteiger partial charge in [-0.2, -0.15) is 37.2 Å². The predicted octanol–water partition coefficient (Wildman–Crippen LogP) is 6.82. The molecule has 2 aliphatic carbocycles. The summed E-state index contributed by atoms with van der Waals surface area (Å²) >= 11 is 1.26. The molecule has 0 radical (unpaired) electrons. The van der Waals surface area contributed by atoms with Gasteiger partial charge in [0.2, 0.25) is 15.9 Å². The van der Waals surface area contributed by atoms with Crippen LogP contribution in [0, 0.1) is 17.6 Å². The van der Waals surface area contributed by atoms with Crippen LogP contribution in [-0.4, -0.2) is 59.9 Å². The Morgan fingerprint density at radius 1 is 1.05 bits per heavy atom. The zero-order valence-electron chi connectivity index (χ0n) is 30.8. The van der Waals surface area contributed by atoms with Gasteiger partial charge < -0.3 is 5.32 Å². The first-order valence-electron chi connectivity index (χ1n) is 17.8. The van der Waals surface area contributed by atoms with Gasteiger partial charge in [0.25, 0.3) is 5.92 Å². The minimum atomic E-state index is -5.07. The number of hydrogen-bond acceptors (Lipinski definition) is 9. The predicted molar refractivity (Wildman–Crippen MR) is 201 cm³/mol. The number of thiazole rings is 1. The van der Waals surface area contributed by atoms with Crippen LogP contribution in [-0.2, 0) is 54.0 Å². The van der Waals surface area contributed by atoms with Crippen LogP contribution in [0.25, 0.3) is 42.9 Å². The molecule has 0 aliphatic heterocycles. The third-order valence-electron chi connectivity index (χ3n) is 10.3. The molecule has 0 bridgehead atoms. The lowest BCUT2D eigenvalue weighted by molar-refractivity contribution is -0.142. The summed E-state index contributed by atoms with van der Waals surface area (Å²) in [4.78, 5) is 23.6. The molecule has 59 heavy (non-hydrogen) atoms. The van der Waals surface area contributed by atoms with Gasteiger partial charge in [-0.15, -0.1) is 11.3 Å². The van der Waals surface area contributed by atoms with Gasteiger partial charge >= 0.3 is 6.18 Å². The topological polar surface area (TPSA) is 155 Å². The van der Waals surface area contributed by atoms with Crippen molar-refractivity contribution in [2.24, 2.45) is 20.0 Å². The van der Waals surface area contributed by atoms with Crippen molar-refractivity contribution in [1.29, 1.82) is 0 Å². The van der Waals surface area contributed by atoms with Crippen LogP contribution in [0.4, 0.5) is 36.6 Å². The van der Waals surface area contributed by atoms with E-state index in [0.717, 1.165) is 18.4 Å². The second-order valence-electron chi connectivity index (χ2n) is 14.7. The van der Waals surface area contributed by atoms with Crippen molar-refractivity contribution in [2.75, 3.05) is 11.0 Å². The van der Waals surface area contributed by atoms with E-state index >= 15 is 8.78 Å². The molecular weight excluding hydrogens is 830 g/mol. The van der Waals surface area contributed by atoms with Crippen LogP contribution in [0.5, 0.6) is 0 Å². The summed E-state index contributed by atoms with van der Waals surface area (Å²) in [6.45, 7) is -1.06. The first kappa shape index (κ1) is 38.6. The fourth-order valence-corrected chi connectivity index (χ4v) is 9.39. The summed E-state index contributed by atoms with van der Waals surface area (Å²) < 4.78 is 133. The van der Waals surface area contributed by atoms with E-state index in [1.807, 2.05) is 0 Å². The third kappa shape index (κ3) is 6.86. The molecule has 1 saturated carbocycles. The minimum Gasteiger partial charge on any atom is -0.346 e. The highest BCUT2D eigenvalue weighted by Gasteiger charge is 2.68. The van der Waals surface area contributed by atoms with Gasteiger partial charge in [-0.3, -0.25) is 23.6 Å². The number of alkyl halides is 5. The Hall–Kier alpha value is -5.90. The number of halogens is 7. The van der Waals surface area contributed by atoms with Crippen molar-refractivity contribution in [2.45, 2.75) is 43.4 Å². The van der Waals surface area contributed by atoms with Crippen LogP contribution in [0.2, 0.25) is 0 Å². The van der Waals surface area contributed by atoms with E-state index in [9.17, 15) is 35.2 Å². The summed E-state index contributed by atoms with van der Waals surface area (Å²) in [5.74, 6) is -8.96. The van der Waals surface area contributed by atoms with Crippen molar-refractivity contribution in [3.05, 3.63) is 94.7 Å². The Labute approximate surface area is 332 Å². The molecule has 22 heteroatoms. The number of fused-ring (bicyclic) bond motifs is 5. The summed E-state index contributed by atoms with van der Waals surface area (Å²) in [7, 11) is -0.485. The first-order valence-corrected chi connectivity index (χ1v) is 20.5. The number of sulfonamides is 1. The lowest BCUT2D eigenvalue weighted by Gasteiger charge is -2.23. The summed E-state index contributed by atoms with van der Waals surface area (Å²) in [5, 5.41) is 15.6. The molecule has 1 fully saturated rings. The van der Waals surface area contributed by atoms with Gasteiger partial charge in [-0.25, -0.2) is 27.2 Å². The number of pyridine rings is 1. The fourth-order valence-electron chi connectivity index (χ4n) is 7.97. The van der Waals surface area contributed by atoms with Crippen molar-refractivity contribution >= 4 is 54.3 Å². The maximum atomic E-state index is 15.4. The highest BCUT2D eigenvalue weighted by molar-refractivity contribution is 7.92. The normalized spacial score (nSPS) is 17.7. The molecule has 2 unspecified atom stereocenters. The number of hydrogen-bond donors (Lipinski definition) is 2. The zero-order valence-corrected chi connectivity index (χ0v) is 32.4. The molecule has 2 aliphatic rings. The standard InChI is InChI=1S/C37H29F7N10O3S2/c1-52-14-17(13-45-52)35-48-34-26(58-35)12-22(20-5-4-6-21-30(20)53(2)50-33(21)51-59(3,56)57)29(47-34)25(9-16-7-18(38)10-19(39)8-16)46-27(55)15-54-32-28(31(49-54)37(42,43)44)23-11-24(23)36(32,40)41/h4-8,10,12-14,23-25H,9,11,15H2,1-3H3,(H,46,55)(H,50,51)/t23-,24?,25?/m0/s1. The number of carbonyl (C=O) groups is 1. The molecule has 5 heterocycles. The molecule has 3 atom stereocenters. The molecule has 1 amide bonds. The van der Waals surface area contributed by atoms with Gasteiger partial charge in [0.1, 0.15) is 28.9 Å². The summed E-state index contributed by atoms with van der Waals surface area (Å²) in [6, 6.07) is 8.03. The van der Waals surface area contributed by atoms with Crippen LogP contribution in [0.1, 0.15) is 46.6 Å². The summed E-state index contributed by atoms with van der Waals surface area (Å²) in [6.07, 6.45) is -1.26. The maximum absolute atomic E-state index is 15.4. The average Bonchev–Trinajstić information content (AvgIpc) is 3.43. The van der Waals surface area contributed by atoms with E-state index in [4.69, 9.17) is 9.97 Å². The molecule has 9 rings (SSSR count). The fraction of sp³-hybridized carbons (Fsp3) is 0.297. The van der Waals surface area contributed by atoms with Crippen LogP contribution < -0.4 is 10.0 Å². The number of benzene rings is 2. The quantitative estimate of drug-likeness (QED) is 0.142. The Morgan fingerprint density at radius 3 is 2.47 bits per heavy atom. The largest absolute Gasteiger partial charge is 0.435 e. The van der Waals surface area contributed by atoms with Gasteiger partial charge in [-0.05, 0) is 48.6 Å². The van der Waals surface area contributed by atoms with E-state index in [0.29, 0.717) is 48.0 Å². The maximum Gasteiger partial charge on any atom is 0.435 e. The van der Waals surface area contributed by atoms with Gasteiger partial charge in [0.05, 0.1) is 34.4 Å². The van der Waals surface area contributed by atoms with E-state index in [1.54, 1.807) is 55.4 Å². The number of anilines is 1. The second-order valence-corrected chi connectivity index (χ2v) is 17.4. The smallest absolute Gasteiger partial charge is 0.346 e. The molecule has 13 nitrogen and oxygen atoms in total. The molecule has 5 aromatic heterocycles. The van der Waals surface area contributed by atoms with Gasteiger partial charge in [0, 0.05) is 59.9 Å². The number of rotatable bonds is 10. The number of nitrogens with one attached hydrogen (secondary N) is 2. The van der Waals surface area contributed by atoms with E-state index in [-0.39, 0.29) is 35.6 Å². The average molecular weight is 859 g/mol. The van der Waals surface area contributed by atoms with Crippen molar-refractivity contribution in [1.82, 2.24) is 44.6 Å². The number of nitrogens with zero attached hydrogens (tertiary/aromatic N) is 8. The van der Waals surface area contributed by atoms with Crippen LogP contribution in [0.15, 0.2) is 54.9 Å². The Kier molecular flexibility index (Phi) is 8.71. The van der Waals surface area contributed by atoms with Gasteiger partial charge in [0.15, 0.2) is 17.2 Å². The number of amides is 1. The zero-order chi connectivity index (χ0) is 41.9. The molecule has 7 aromatic rings. The highest BCUT2D eigenvalue weighted by Crippen LogP contribution is 2.68. The lowest BCUT2D eigenvalue weighted by Crippen LogP contribution is -2.35. The van der Waals surface area contributed by atoms with Crippen molar-refractivity contribution < 1.29 is 43.9 Å². The van der Waals surface area contributed by atoms with E-state index in [2.05, 4.69) is 25.3 Å². The van der Waals surface area contributed by atoms with Crippen LogP contribution in [0.3, 0.4) is 0 Å². The highest BCUT2D eigenvalue weighted by atomic mass is 32.2. The molecule has 2 aromatic carbocycles. The third-order valence-corrected chi connectivity index (χ3v) is 11.9. The van der Waals surface area contributed by atoms with Crippen molar-refractivity contribution in [3.63, 3.8) is 0 Å². The molecule has 306 valence electrons. The Bertz CT molecular complexity index is 2970. The number of aryl methyl sites for hydroxylation is 2. The van der Waals surface area contributed by atoms with Gasteiger partial charge in [-0.1, -0.05) is 12.1 Å². The lowest BCUT2D eigenvalue weighted by atomic mass is 9.94. The SMILES string of the molecule is Cn1cc(-c2nc3nc(C(Cc4cc(F)cc(F)c4)NC(=O)Cn4nc(C(F)(F)F)c5c4C(F)(F)C4C[C@H]54)c(-c4cccc5c(NS(C)(=O)=O)nn(C)c45)cc3s2)cn1. The van der Waals surface area contributed by atoms with Crippen molar-refractivity contribution in [3.8, 4) is 21.7 Å². The number of aromatic nitrogens is 8. The Balaban J connectivity index is 1.21.